The summed E-state index contributed by atoms with van der Waals surface area (Å²) < 4.78 is 10.5. The topological polar surface area (TPSA) is 50.8 Å². The van der Waals surface area contributed by atoms with Crippen molar-refractivity contribution in [2.45, 2.75) is 19.8 Å². The van der Waals surface area contributed by atoms with E-state index in [9.17, 15) is 4.79 Å². The van der Waals surface area contributed by atoms with Crippen molar-refractivity contribution in [3.05, 3.63) is 52.6 Å². The number of rotatable bonds is 6. The molecule has 0 bridgehead atoms. The molecule has 1 amide bonds. The van der Waals surface area contributed by atoms with E-state index in [-0.39, 0.29) is 5.91 Å². The van der Waals surface area contributed by atoms with Crippen molar-refractivity contribution in [3.63, 3.8) is 0 Å². The average Bonchev–Trinajstić information content (AvgIpc) is 3.20. The van der Waals surface area contributed by atoms with Gasteiger partial charge in [0, 0.05) is 30.5 Å². The van der Waals surface area contributed by atoms with Gasteiger partial charge in [0.05, 0.1) is 19.2 Å². The molecule has 2 aromatic carbocycles. The number of hydrogen-bond donors (Lipinski definition) is 1. The third-order valence-corrected chi connectivity index (χ3v) is 5.07. The van der Waals surface area contributed by atoms with Gasteiger partial charge in [0.15, 0.2) is 11.5 Å². The maximum Gasteiger partial charge on any atom is 0.248 e. The highest BCUT2D eigenvalue weighted by Gasteiger charge is 2.14. The van der Waals surface area contributed by atoms with Crippen LogP contribution in [0.1, 0.15) is 24.0 Å². The Morgan fingerprint density at radius 2 is 1.89 bits per heavy atom. The predicted octanol–water partition coefficient (Wildman–Crippen LogP) is 4.92. The number of halogens is 1. The number of carbonyl (C=O) groups excluding carboxylic acids is 1. The smallest absolute Gasteiger partial charge is 0.248 e. The van der Waals surface area contributed by atoms with Crippen LogP contribution < -0.4 is 19.7 Å². The summed E-state index contributed by atoms with van der Waals surface area (Å²) in [4.78, 5) is 14.7. The first-order valence-corrected chi connectivity index (χ1v) is 9.66. The minimum Gasteiger partial charge on any atom is -0.493 e. The zero-order chi connectivity index (χ0) is 20.1. The second-order valence-electron chi connectivity index (χ2n) is 6.76. The lowest BCUT2D eigenvalue weighted by Gasteiger charge is -2.20. The first-order chi connectivity index (χ1) is 13.5. The maximum absolute atomic E-state index is 12.3. The summed E-state index contributed by atoms with van der Waals surface area (Å²) in [6.45, 7) is 4.27. The van der Waals surface area contributed by atoms with Crippen LogP contribution in [0, 0.1) is 6.92 Å². The van der Waals surface area contributed by atoms with Gasteiger partial charge in [-0.25, -0.2) is 0 Å². The average molecular weight is 401 g/mol. The lowest BCUT2D eigenvalue weighted by atomic mass is 10.1. The lowest BCUT2D eigenvalue weighted by Crippen LogP contribution is -2.18. The first-order valence-electron chi connectivity index (χ1n) is 9.28. The molecule has 1 heterocycles. The largest absolute Gasteiger partial charge is 0.493 e. The summed E-state index contributed by atoms with van der Waals surface area (Å²) in [5, 5.41) is 3.33. The van der Waals surface area contributed by atoms with Crippen molar-refractivity contribution in [1.82, 2.24) is 0 Å². The Bertz CT molecular complexity index is 890. The van der Waals surface area contributed by atoms with Crippen molar-refractivity contribution in [3.8, 4) is 11.5 Å². The van der Waals surface area contributed by atoms with Crippen LogP contribution in [0.5, 0.6) is 11.5 Å². The van der Waals surface area contributed by atoms with Crippen molar-refractivity contribution in [2.24, 2.45) is 0 Å². The Morgan fingerprint density at radius 1 is 1.14 bits per heavy atom. The fourth-order valence-corrected chi connectivity index (χ4v) is 3.73. The number of hydrogen-bond acceptors (Lipinski definition) is 4. The molecule has 1 aliphatic heterocycles. The van der Waals surface area contributed by atoms with E-state index >= 15 is 0 Å². The summed E-state index contributed by atoms with van der Waals surface area (Å²) >= 11 is 6.20. The third kappa shape index (κ3) is 4.60. The Kier molecular flexibility index (Phi) is 6.47. The molecule has 28 heavy (non-hydrogen) atoms. The molecule has 0 aliphatic carbocycles. The van der Waals surface area contributed by atoms with Crippen LogP contribution in [-0.2, 0) is 4.79 Å². The molecule has 1 saturated heterocycles. The monoisotopic (exact) mass is 400 g/mol. The number of nitrogens with one attached hydrogen (secondary N) is 1. The number of aryl methyl sites for hydroxylation is 1. The molecule has 1 aliphatic rings. The normalized spacial score (nSPS) is 13.8. The quantitative estimate of drug-likeness (QED) is 0.699. The molecular weight excluding hydrogens is 376 g/mol. The van der Waals surface area contributed by atoms with Crippen molar-refractivity contribution in [1.29, 1.82) is 0 Å². The Labute approximate surface area is 170 Å². The van der Waals surface area contributed by atoms with Gasteiger partial charge in [0.2, 0.25) is 5.91 Å². The Hall–Kier alpha value is -2.66. The van der Waals surface area contributed by atoms with Crippen LogP contribution in [0.25, 0.3) is 6.08 Å². The SMILES string of the molecule is COc1cc(C=CC(=O)Nc2ccc(N3CCCC3)c(C)c2)cc(Cl)c1OC. The molecule has 2 aromatic rings. The lowest BCUT2D eigenvalue weighted by molar-refractivity contribution is -0.111. The van der Waals surface area contributed by atoms with E-state index in [2.05, 4.69) is 23.2 Å². The summed E-state index contributed by atoms with van der Waals surface area (Å²) in [6.07, 6.45) is 5.64. The number of ether oxygens (including phenoxy) is 2. The molecule has 6 heteroatoms. The van der Waals surface area contributed by atoms with Crippen LogP contribution in [0.3, 0.4) is 0 Å². The van der Waals surface area contributed by atoms with Crippen LogP contribution in [0.15, 0.2) is 36.4 Å². The van der Waals surface area contributed by atoms with Gasteiger partial charge in [-0.05, 0) is 67.3 Å². The Morgan fingerprint density at radius 3 is 2.54 bits per heavy atom. The van der Waals surface area contributed by atoms with Crippen LogP contribution in [-0.4, -0.2) is 33.2 Å². The molecule has 0 saturated carbocycles. The molecule has 1 fully saturated rings. The molecule has 0 aromatic heterocycles. The van der Waals surface area contributed by atoms with Gasteiger partial charge < -0.3 is 19.7 Å². The molecule has 0 spiro atoms. The van der Waals surface area contributed by atoms with E-state index in [1.54, 1.807) is 25.3 Å². The fourth-order valence-electron chi connectivity index (χ4n) is 3.44. The number of benzene rings is 2. The molecule has 0 atom stereocenters. The highest BCUT2D eigenvalue weighted by Crippen LogP contribution is 2.36. The second kappa shape index (κ2) is 9.02. The van der Waals surface area contributed by atoms with E-state index in [1.807, 2.05) is 12.1 Å². The van der Waals surface area contributed by atoms with Crippen LogP contribution >= 0.6 is 11.6 Å². The minimum absolute atomic E-state index is 0.209. The second-order valence-corrected chi connectivity index (χ2v) is 7.16. The van der Waals surface area contributed by atoms with Gasteiger partial charge >= 0.3 is 0 Å². The third-order valence-electron chi connectivity index (χ3n) is 4.79. The minimum atomic E-state index is -0.209. The fraction of sp³-hybridized carbons (Fsp3) is 0.318. The van der Waals surface area contributed by atoms with Gasteiger partial charge in [-0.15, -0.1) is 0 Å². The molecular formula is C22H25ClN2O3. The summed E-state index contributed by atoms with van der Waals surface area (Å²) in [7, 11) is 3.08. The van der Waals surface area contributed by atoms with E-state index in [4.69, 9.17) is 21.1 Å². The standard InChI is InChI=1S/C22H25ClN2O3/c1-15-12-17(7-8-19(15)25-10-4-5-11-25)24-21(26)9-6-16-13-18(23)22(28-3)20(14-16)27-2/h6-9,12-14H,4-5,10-11H2,1-3H3,(H,24,26). The van der Waals surface area contributed by atoms with E-state index < -0.39 is 0 Å². The summed E-state index contributed by atoms with van der Waals surface area (Å²) in [5.41, 5.74) is 3.93. The zero-order valence-electron chi connectivity index (χ0n) is 16.4. The van der Waals surface area contributed by atoms with E-state index in [0.29, 0.717) is 16.5 Å². The first kappa shape index (κ1) is 20.1. The number of methoxy groups -OCH3 is 2. The summed E-state index contributed by atoms with van der Waals surface area (Å²) in [6, 6.07) is 9.52. The van der Waals surface area contributed by atoms with Crippen molar-refractivity contribution in [2.75, 3.05) is 37.5 Å². The van der Waals surface area contributed by atoms with Gasteiger partial charge in [-0.2, -0.15) is 0 Å². The molecule has 0 radical (unpaired) electrons. The van der Waals surface area contributed by atoms with Crippen molar-refractivity contribution >= 4 is 35.0 Å². The number of nitrogens with zero attached hydrogens (tertiary/aromatic N) is 1. The predicted molar refractivity (Wildman–Crippen MR) is 115 cm³/mol. The van der Waals surface area contributed by atoms with Gasteiger partial charge in [0.25, 0.3) is 0 Å². The number of amides is 1. The van der Waals surface area contributed by atoms with Crippen LogP contribution in [0.2, 0.25) is 5.02 Å². The zero-order valence-corrected chi connectivity index (χ0v) is 17.2. The highest BCUT2D eigenvalue weighted by atomic mass is 35.5. The molecule has 5 nitrogen and oxygen atoms in total. The number of carbonyl (C=O) groups is 1. The molecule has 1 N–H and O–H groups in total. The highest BCUT2D eigenvalue weighted by molar-refractivity contribution is 6.32. The van der Waals surface area contributed by atoms with Gasteiger partial charge in [-0.3, -0.25) is 4.79 Å². The van der Waals surface area contributed by atoms with E-state index in [0.717, 1.165) is 29.9 Å². The molecule has 148 valence electrons. The van der Waals surface area contributed by atoms with Gasteiger partial charge in [0.1, 0.15) is 0 Å². The van der Waals surface area contributed by atoms with Crippen molar-refractivity contribution < 1.29 is 14.3 Å². The van der Waals surface area contributed by atoms with Crippen LogP contribution in [0.4, 0.5) is 11.4 Å². The molecule has 3 rings (SSSR count). The van der Waals surface area contributed by atoms with E-state index in [1.165, 1.54) is 31.7 Å². The Balaban J connectivity index is 1.68. The van der Waals surface area contributed by atoms with Gasteiger partial charge in [-0.1, -0.05) is 11.6 Å². The number of anilines is 2. The summed E-state index contributed by atoms with van der Waals surface area (Å²) in [5.74, 6) is 0.779. The molecule has 0 unspecified atom stereocenters. The maximum atomic E-state index is 12.3.